The summed E-state index contributed by atoms with van der Waals surface area (Å²) in [7, 11) is 0. The Hall–Kier alpha value is -2.40. The molecule has 0 fully saturated rings. The van der Waals surface area contributed by atoms with Crippen molar-refractivity contribution < 1.29 is 4.39 Å². The Morgan fingerprint density at radius 1 is 1.24 bits per heavy atom. The molecular formula is C15H12ClFN4. The van der Waals surface area contributed by atoms with E-state index >= 15 is 0 Å². The predicted molar refractivity (Wildman–Crippen MR) is 80.1 cm³/mol. The van der Waals surface area contributed by atoms with Gasteiger partial charge in [-0.25, -0.2) is 14.4 Å². The summed E-state index contributed by atoms with van der Waals surface area (Å²) in [6, 6.07) is 8.55. The van der Waals surface area contributed by atoms with Gasteiger partial charge in [-0.05, 0) is 29.8 Å². The van der Waals surface area contributed by atoms with Crippen LogP contribution in [0, 0.1) is 5.82 Å². The van der Waals surface area contributed by atoms with Crippen molar-refractivity contribution in [2.75, 3.05) is 5.32 Å². The van der Waals surface area contributed by atoms with E-state index in [1.165, 1.54) is 6.07 Å². The van der Waals surface area contributed by atoms with E-state index in [-0.39, 0.29) is 5.02 Å². The van der Waals surface area contributed by atoms with E-state index in [2.05, 4.69) is 15.3 Å². The van der Waals surface area contributed by atoms with Gasteiger partial charge in [-0.15, -0.1) is 0 Å². The highest BCUT2D eigenvalue weighted by Crippen LogP contribution is 2.17. The molecule has 21 heavy (non-hydrogen) atoms. The minimum atomic E-state index is -0.412. The van der Waals surface area contributed by atoms with Crippen molar-refractivity contribution in [3.63, 3.8) is 0 Å². The second-order valence-corrected chi connectivity index (χ2v) is 4.88. The standard InChI is InChI=1S/C15H12ClFN4/c16-13-3-1-11(7-14(13)17)8-19-12-2-4-15(20-9-12)21-6-5-18-10-21/h1-7,9-10,19H,8H2. The molecule has 0 radical (unpaired) electrons. The van der Waals surface area contributed by atoms with Crippen LogP contribution in [0.25, 0.3) is 5.82 Å². The van der Waals surface area contributed by atoms with Crippen LogP contribution in [0.1, 0.15) is 5.56 Å². The third-order valence-corrected chi connectivity index (χ3v) is 3.30. The van der Waals surface area contributed by atoms with Crippen molar-refractivity contribution in [3.05, 3.63) is 71.7 Å². The molecule has 6 heteroatoms. The maximum Gasteiger partial charge on any atom is 0.142 e. The van der Waals surface area contributed by atoms with Crippen LogP contribution in [-0.4, -0.2) is 14.5 Å². The number of pyridine rings is 1. The van der Waals surface area contributed by atoms with Crippen molar-refractivity contribution in [2.24, 2.45) is 0 Å². The van der Waals surface area contributed by atoms with Gasteiger partial charge < -0.3 is 5.32 Å². The molecule has 2 heterocycles. The fourth-order valence-corrected chi connectivity index (χ4v) is 2.01. The first kappa shape index (κ1) is 13.6. The van der Waals surface area contributed by atoms with Crippen molar-refractivity contribution in [1.29, 1.82) is 0 Å². The molecule has 0 amide bonds. The highest BCUT2D eigenvalue weighted by molar-refractivity contribution is 6.30. The monoisotopic (exact) mass is 302 g/mol. The van der Waals surface area contributed by atoms with Crippen molar-refractivity contribution in [3.8, 4) is 5.82 Å². The Bertz CT molecular complexity index is 726. The summed E-state index contributed by atoms with van der Waals surface area (Å²) < 4.78 is 15.2. The second kappa shape index (κ2) is 5.93. The molecule has 3 rings (SSSR count). The maximum atomic E-state index is 13.3. The number of halogens is 2. The maximum absolute atomic E-state index is 13.3. The van der Waals surface area contributed by atoms with Crippen molar-refractivity contribution in [2.45, 2.75) is 6.54 Å². The van der Waals surface area contributed by atoms with Crippen LogP contribution >= 0.6 is 11.6 Å². The van der Waals surface area contributed by atoms with E-state index in [1.807, 2.05) is 22.9 Å². The highest BCUT2D eigenvalue weighted by atomic mass is 35.5. The van der Waals surface area contributed by atoms with Crippen LogP contribution in [0.15, 0.2) is 55.2 Å². The third kappa shape index (κ3) is 3.20. The van der Waals surface area contributed by atoms with E-state index in [0.29, 0.717) is 6.54 Å². The molecule has 2 aromatic heterocycles. The molecule has 0 aliphatic carbocycles. The lowest BCUT2D eigenvalue weighted by molar-refractivity contribution is 0.626. The largest absolute Gasteiger partial charge is 0.380 e. The predicted octanol–water partition coefficient (Wildman–Crippen LogP) is 3.67. The molecule has 1 aromatic carbocycles. The molecule has 0 unspecified atom stereocenters. The molecule has 0 atom stereocenters. The molecule has 4 nitrogen and oxygen atoms in total. The number of nitrogens with zero attached hydrogens (tertiary/aromatic N) is 3. The molecular weight excluding hydrogens is 291 g/mol. The van der Waals surface area contributed by atoms with Gasteiger partial charge in [-0.3, -0.25) is 4.57 Å². The van der Waals surface area contributed by atoms with Gasteiger partial charge in [0, 0.05) is 18.9 Å². The summed E-state index contributed by atoms with van der Waals surface area (Å²) in [5.74, 6) is 0.375. The van der Waals surface area contributed by atoms with E-state index in [1.54, 1.807) is 30.9 Å². The Kier molecular flexibility index (Phi) is 3.83. The number of benzene rings is 1. The van der Waals surface area contributed by atoms with Gasteiger partial charge in [-0.1, -0.05) is 17.7 Å². The normalized spacial score (nSPS) is 10.6. The van der Waals surface area contributed by atoms with Gasteiger partial charge in [0.15, 0.2) is 0 Å². The first-order valence-corrected chi connectivity index (χ1v) is 6.72. The SMILES string of the molecule is Fc1cc(CNc2ccc(-n3ccnc3)nc2)ccc1Cl. The summed E-state index contributed by atoms with van der Waals surface area (Å²) in [6.07, 6.45) is 6.93. The van der Waals surface area contributed by atoms with Gasteiger partial charge in [0.25, 0.3) is 0 Å². The zero-order chi connectivity index (χ0) is 14.7. The zero-order valence-electron chi connectivity index (χ0n) is 11.0. The quantitative estimate of drug-likeness (QED) is 0.799. The van der Waals surface area contributed by atoms with Gasteiger partial charge in [0.2, 0.25) is 0 Å². The van der Waals surface area contributed by atoms with Crippen LogP contribution < -0.4 is 5.32 Å². The zero-order valence-corrected chi connectivity index (χ0v) is 11.8. The fraction of sp³-hybridized carbons (Fsp3) is 0.0667. The van der Waals surface area contributed by atoms with Crippen molar-refractivity contribution >= 4 is 17.3 Å². The summed E-state index contributed by atoms with van der Waals surface area (Å²) in [5, 5.41) is 3.31. The summed E-state index contributed by atoms with van der Waals surface area (Å²) >= 11 is 5.65. The van der Waals surface area contributed by atoms with E-state index in [9.17, 15) is 4.39 Å². The number of hydrogen-bond donors (Lipinski definition) is 1. The average molecular weight is 303 g/mol. The fourth-order valence-electron chi connectivity index (χ4n) is 1.89. The molecule has 0 saturated heterocycles. The molecule has 0 aliphatic rings. The van der Waals surface area contributed by atoms with Gasteiger partial charge in [0.05, 0.1) is 16.9 Å². The van der Waals surface area contributed by atoms with Gasteiger partial charge in [-0.2, -0.15) is 0 Å². The molecule has 0 saturated carbocycles. The molecule has 106 valence electrons. The lowest BCUT2D eigenvalue weighted by Crippen LogP contribution is -2.01. The van der Waals surface area contributed by atoms with Crippen LogP contribution in [0.5, 0.6) is 0 Å². The third-order valence-electron chi connectivity index (χ3n) is 3.00. The van der Waals surface area contributed by atoms with Crippen LogP contribution in [0.3, 0.4) is 0 Å². The van der Waals surface area contributed by atoms with E-state index in [4.69, 9.17) is 11.6 Å². The summed E-state index contributed by atoms with van der Waals surface area (Å²) in [5.41, 5.74) is 1.67. The lowest BCUT2D eigenvalue weighted by Gasteiger charge is -2.08. The first-order chi connectivity index (χ1) is 10.2. The Morgan fingerprint density at radius 3 is 2.81 bits per heavy atom. The smallest absolute Gasteiger partial charge is 0.142 e. The van der Waals surface area contributed by atoms with Crippen LogP contribution in [0.2, 0.25) is 5.02 Å². The Labute approximate surface area is 126 Å². The van der Waals surface area contributed by atoms with Crippen LogP contribution in [0.4, 0.5) is 10.1 Å². The molecule has 3 aromatic rings. The van der Waals surface area contributed by atoms with Crippen LogP contribution in [-0.2, 0) is 6.54 Å². The number of rotatable bonds is 4. The minimum absolute atomic E-state index is 0.130. The second-order valence-electron chi connectivity index (χ2n) is 4.48. The molecule has 0 spiro atoms. The van der Waals surface area contributed by atoms with Gasteiger partial charge in [0.1, 0.15) is 18.0 Å². The molecule has 0 aliphatic heterocycles. The number of anilines is 1. The van der Waals surface area contributed by atoms with Gasteiger partial charge >= 0.3 is 0 Å². The molecule has 1 N–H and O–H groups in total. The first-order valence-electron chi connectivity index (χ1n) is 6.34. The lowest BCUT2D eigenvalue weighted by atomic mass is 10.2. The van der Waals surface area contributed by atoms with Crippen molar-refractivity contribution in [1.82, 2.24) is 14.5 Å². The number of aromatic nitrogens is 3. The highest BCUT2D eigenvalue weighted by Gasteiger charge is 2.02. The summed E-state index contributed by atoms with van der Waals surface area (Å²) in [4.78, 5) is 8.30. The number of hydrogen-bond acceptors (Lipinski definition) is 3. The van der Waals surface area contributed by atoms with E-state index < -0.39 is 5.82 Å². The Morgan fingerprint density at radius 2 is 2.14 bits per heavy atom. The molecule has 0 bridgehead atoms. The number of imidazole rings is 1. The topological polar surface area (TPSA) is 42.7 Å². The van der Waals surface area contributed by atoms with E-state index in [0.717, 1.165) is 17.1 Å². The number of nitrogens with one attached hydrogen (secondary N) is 1. The average Bonchev–Trinajstić information content (AvgIpc) is 3.03. The Balaban J connectivity index is 1.66. The summed E-state index contributed by atoms with van der Waals surface area (Å²) in [6.45, 7) is 0.500. The minimum Gasteiger partial charge on any atom is -0.380 e.